The van der Waals surface area contributed by atoms with Gasteiger partial charge >= 0.3 is 0 Å². The largest absolute Gasteiger partial charge is 0.369 e. The lowest BCUT2D eigenvalue weighted by molar-refractivity contribution is -0.122. The van der Waals surface area contributed by atoms with Crippen molar-refractivity contribution in [2.45, 2.75) is 13.3 Å². The molecule has 0 heterocycles. The summed E-state index contributed by atoms with van der Waals surface area (Å²) in [6.07, 6.45) is 1.79. The van der Waals surface area contributed by atoms with E-state index in [2.05, 4.69) is 11.9 Å². The van der Waals surface area contributed by atoms with Gasteiger partial charge in [0.1, 0.15) is 0 Å². The molecule has 4 nitrogen and oxygen atoms in total. The van der Waals surface area contributed by atoms with Crippen molar-refractivity contribution < 1.29 is 9.59 Å². The van der Waals surface area contributed by atoms with E-state index in [1.54, 1.807) is 0 Å². The van der Waals surface area contributed by atoms with E-state index in [0.29, 0.717) is 6.42 Å². The number of nitrogens with one attached hydrogen (secondary N) is 1. The Balaban J connectivity index is 3.80. The summed E-state index contributed by atoms with van der Waals surface area (Å²) in [6.45, 7) is 5.41. The van der Waals surface area contributed by atoms with Crippen LogP contribution in [0, 0.1) is 5.92 Å². The Bertz CT molecular complexity index is 189. The molecule has 0 aliphatic heterocycles. The van der Waals surface area contributed by atoms with Crippen LogP contribution in [-0.4, -0.2) is 18.4 Å². The van der Waals surface area contributed by atoms with Crippen LogP contribution in [0.1, 0.15) is 13.3 Å². The highest BCUT2D eigenvalue weighted by Gasteiger charge is 2.12. The van der Waals surface area contributed by atoms with E-state index in [4.69, 9.17) is 5.73 Å². The summed E-state index contributed by atoms with van der Waals surface area (Å²) in [5, 5.41) is 2.51. The SMILES string of the molecule is C=CC(=O)NCC(CC)C(N)=O. The highest BCUT2D eigenvalue weighted by molar-refractivity contribution is 5.87. The highest BCUT2D eigenvalue weighted by atomic mass is 16.2. The molecule has 12 heavy (non-hydrogen) atoms. The second kappa shape index (κ2) is 5.35. The lowest BCUT2D eigenvalue weighted by Gasteiger charge is -2.10. The number of hydrogen-bond acceptors (Lipinski definition) is 2. The van der Waals surface area contributed by atoms with E-state index in [1.165, 1.54) is 0 Å². The van der Waals surface area contributed by atoms with Gasteiger partial charge in [0, 0.05) is 6.54 Å². The predicted molar refractivity (Wildman–Crippen MR) is 46.2 cm³/mol. The Morgan fingerprint density at radius 3 is 2.58 bits per heavy atom. The van der Waals surface area contributed by atoms with Crippen LogP contribution >= 0.6 is 0 Å². The lowest BCUT2D eigenvalue weighted by atomic mass is 10.1. The molecule has 0 fully saturated rings. The fourth-order valence-electron chi connectivity index (χ4n) is 0.742. The minimum Gasteiger partial charge on any atom is -0.369 e. The summed E-state index contributed by atoms with van der Waals surface area (Å²) in [6, 6.07) is 0. The zero-order chi connectivity index (χ0) is 9.56. The first-order valence-electron chi connectivity index (χ1n) is 3.81. The summed E-state index contributed by atoms with van der Waals surface area (Å²) in [5.74, 6) is -0.953. The van der Waals surface area contributed by atoms with Crippen LogP contribution < -0.4 is 11.1 Å². The van der Waals surface area contributed by atoms with E-state index >= 15 is 0 Å². The number of primary amides is 1. The molecule has 0 aliphatic carbocycles. The zero-order valence-electron chi connectivity index (χ0n) is 7.17. The quantitative estimate of drug-likeness (QED) is 0.561. The Hall–Kier alpha value is -1.32. The number of carbonyl (C=O) groups is 2. The van der Waals surface area contributed by atoms with Crippen LogP contribution in [0.4, 0.5) is 0 Å². The summed E-state index contributed by atoms with van der Waals surface area (Å²) < 4.78 is 0. The van der Waals surface area contributed by atoms with Crippen molar-refractivity contribution in [1.29, 1.82) is 0 Å². The summed E-state index contributed by atoms with van der Waals surface area (Å²) in [5.41, 5.74) is 5.06. The van der Waals surface area contributed by atoms with E-state index in [0.717, 1.165) is 6.08 Å². The van der Waals surface area contributed by atoms with Crippen molar-refractivity contribution in [3.8, 4) is 0 Å². The smallest absolute Gasteiger partial charge is 0.243 e. The first-order chi connectivity index (χ1) is 5.61. The minimum atomic E-state index is -0.387. The van der Waals surface area contributed by atoms with Gasteiger partial charge in [-0.25, -0.2) is 0 Å². The molecule has 0 aliphatic rings. The van der Waals surface area contributed by atoms with E-state index in [-0.39, 0.29) is 24.3 Å². The standard InChI is InChI=1S/C8H14N2O2/c1-3-6(8(9)12)5-10-7(11)4-2/h4,6H,2-3,5H2,1H3,(H2,9,12)(H,10,11). The predicted octanol–water partition coefficient (Wildman–Crippen LogP) is -0.200. The third kappa shape index (κ3) is 3.75. The normalized spacial score (nSPS) is 11.8. The average Bonchev–Trinajstić information content (AvgIpc) is 2.04. The molecule has 1 atom stereocenters. The van der Waals surface area contributed by atoms with Crippen molar-refractivity contribution in [3.05, 3.63) is 12.7 Å². The molecule has 0 bridgehead atoms. The molecule has 0 radical (unpaired) electrons. The van der Waals surface area contributed by atoms with Crippen LogP contribution in [0.5, 0.6) is 0 Å². The average molecular weight is 170 g/mol. The van der Waals surface area contributed by atoms with Crippen molar-refractivity contribution in [3.63, 3.8) is 0 Å². The molecule has 0 saturated heterocycles. The van der Waals surface area contributed by atoms with Crippen LogP contribution in [0.3, 0.4) is 0 Å². The molecule has 68 valence electrons. The summed E-state index contributed by atoms with van der Waals surface area (Å²) in [7, 11) is 0. The third-order valence-corrected chi connectivity index (χ3v) is 1.60. The second-order valence-electron chi connectivity index (χ2n) is 2.46. The second-order valence-corrected chi connectivity index (χ2v) is 2.46. The number of nitrogens with two attached hydrogens (primary N) is 1. The van der Waals surface area contributed by atoms with E-state index in [1.807, 2.05) is 6.92 Å². The van der Waals surface area contributed by atoms with Crippen molar-refractivity contribution >= 4 is 11.8 Å². The fraction of sp³-hybridized carbons (Fsp3) is 0.500. The topological polar surface area (TPSA) is 72.2 Å². The van der Waals surface area contributed by atoms with E-state index in [9.17, 15) is 9.59 Å². The molecule has 0 spiro atoms. The van der Waals surface area contributed by atoms with Crippen molar-refractivity contribution in [2.24, 2.45) is 11.7 Å². The van der Waals surface area contributed by atoms with Crippen LogP contribution in [0.2, 0.25) is 0 Å². The van der Waals surface area contributed by atoms with Gasteiger partial charge in [-0.2, -0.15) is 0 Å². The summed E-state index contributed by atoms with van der Waals surface area (Å²) >= 11 is 0. The molecule has 0 saturated carbocycles. The first kappa shape index (κ1) is 10.7. The highest BCUT2D eigenvalue weighted by Crippen LogP contribution is 1.98. The molecular weight excluding hydrogens is 156 g/mol. The van der Waals surface area contributed by atoms with Gasteiger partial charge in [-0.1, -0.05) is 13.5 Å². The van der Waals surface area contributed by atoms with Gasteiger partial charge in [0.05, 0.1) is 5.92 Å². The third-order valence-electron chi connectivity index (χ3n) is 1.60. The van der Waals surface area contributed by atoms with Crippen molar-refractivity contribution in [2.75, 3.05) is 6.54 Å². The van der Waals surface area contributed by atoms with Gasteiger partial charge in [-0.15, -0.1) is 0 Å². The minimum absolute atomic E-state index is 0.283. The van der Waals surface area contributed by atoms with E-state index < -0.39 is 0 Å². The monoisotopic (exact) mass is 170 g/mol. The first-order valence-corrected chi connectivity index (χ1v) is 3.81. The van der Waals surface area contributed by atoms with Gasteiger partial charge in [-0.3, -0.25) is 9.59 Å². The van der Waals surface area contributed by atoms with Gasteiger partial charge in [-0.05, 0) is 12.5 Å². The van der Waals surface area contributed by atoms with Gasteiger partial charge < -0.3 is 11.1 Å². The Kier molecular flexibility index (Phi) is 4.76. The molecule has 4 heteroatoms. The number of carbonyl (C=O) groups excluding carboxylic acids is 2. The van der Waals surface area contributed by atoms with Gasteiger partial charge in [0.15, 0.2) is 0 Å². The van der Waals surface area contributed by atoms with Gasteiger partial charge in [0.2, 0.25) is 11.8 Å². The zero-order valence-corrected chi connectivity index (χ0v) is 7.17. The molecule has 0 rings (SSSR count). The number of amides is 2. The lowest BCUT2D eigenvalue weighted by Crippen LogP contribution is -2.34. The van der Waals surface area contributed by atoms with Crippen molar-refractivity contribution in [1.82, 2.24) is 5.32 Å². The molecule has 0 aromatic heterocycles. The molecule has 3 N–H and O–H groups in total. The fourth-order valence-corrected chi connectivity index (χ4v) is 0.742. The van der Waals surface area contributed by atoms with Crippen LogP contribution in [0.15, 0.2) is 12.7 Å². The molecule has 1 unspecified atom stereocenters. The maximum Gasteiger partial charge on any atom is 0.243 e. The molecular formula is C8H14N2O2. The number of hydrogen-bond donors (Lipinski definition) is 2. The maximum absolute atomic E-state index is 10.7. The number of rotatable bonds is 5. The molecule has 0 aromatic carbocycles. The Morgan fingerprint density at radius 1 is 1.67 bits per heavy atom. The Morgan fingerprint density at radius 2 is 2.25 bits per heavy atom. The van der Waals surface area contributed by atoms with Gasteiger partial charge in [0.25, 0.3) is 0 Å². The van der Waals surface area contributed by atoms with Crippen LogP contribution in [-0.2, 0) is 9.59 Å². The molecule has 2 amide bonds. The Labute approximate surface area is 71.8 Å². The molecule has 0 aromatic rings. The van der Waals surface area contributed by atoms with Crippen LogP contribution in [0.25, 0.3) is 0 Å². The summed E-state index contributed by atoms with van der Waals surface area (Å²) in [4.78, 5) is 21.3. The maximum atomic E-state index is 10.7.